The average Bonchev–Trinajstić information content (AvgIpc) is 2.04. The third-order valence-corrected chi connectivity index (χ3v) is 2.51. The molecule has 0 unspecified atom stereocenters. The van der Waals surface area contributed by atoms with Crippen LogP contribution in [0.3, 0.4) is 0 Å². The first-order chi connectivity index (χ1) is 6.07. The largest absolute Gasteiger partial charge is 0.478 e. The number of carbonyl (C=O) groups is 1. The van der Waals surface area contributed by atoms with Crippen LogP contribution in [0, 0.1) is 0 Å². The summed E-state index contributed by atoms with van der Waals surface area (Å²) in [5.74, 6) is -1.09. The van der Waals surface area contributed by atoms with Crippen molar-refractivity contribution in [3.63, 3.8) is 0 Å². The number of halogens is 2. The third kappa shape index (κ3) is 1.95. The van der Waals surface area contributed by atoms with Crippen LogP contribution in [0.1, 0.15) is 22.8 Å². The highest BCUT2D eigenvalue weighted by Gasteiger charge is 2.15. The highest BCUT2D eigenvalue weighted by atomic mass is 35.5. The van der Waals surface area contributed by atoms with Crippen molar-refractivity contribution in [2.24, 2.45) is 0 Å². The third-order valence-electron chi connectivity index (χ3n) is 1.77. The van der Waals surface area contributed by atoms with Gasteiger partial charge in [0.15, 0.2) is 0 Å². The molecule has 0 fully saturated rings. The molecular weight excluding hydrogens is 211 g/mol. The zero-order chi connectivity index (χ0) is 10.0. The molecule has 0 bridgehead atoms. The van der Waals surface area contributed by atoms with Crippen LogP contribution in [0.4, 0.5) is 0 Å². The average molecular weight is 219 g/mol. The summed E-state index contributed by atoms with van der Waals surface area (Å²) in [7, 11) is 0. The first-order valence-electron chi connectivity index (χ1n) is 3.78. The number of hydrogen-bond acceptors (Lipinski definition) is 1. The Morgan fingerprint density at radius 3 is 2.54 bits per heavy atom. The van der Waals surface area contributed by atoms with Gasteiger partial charge in [-0.3, -0.25) is 0 Å². The Hall–Kier alpha value is -0.730. The van der Waals surface area contributed by atoms with Crippen LogP contribution in [0.15, 0.2) is 12.1 Å². The molecule has 1 rings (SSSR count). The maximum atomic E-state index is 10.7. The van der Waals surface area contributed by atoms with Gasteiger partial charge in [0.05, 0.1) is 15.6 Å². The molecule has 0 aliphatic carbocycles. The molecule has 0 aliphatic rings. The number of aryl methyl sites for hydroxylation is 1. The molecule has 0 aromatic heterocycles. The molecule has 1 aromatic carbocycles. The van der Waals surface area contributed by atoms with Gasteiger partial charge in [0.1, 0.15) is 0 Å². The molecule has 0 atom stereocenters. The second kappa shape index (κ2) is 3.99. The first kappa shape index (κ1) is 10.4. The van der Waals surface area contributed by atoms with Gasteiger partial charge in [-0.2, -0.15) is 0 Å². The molecule has 0 saturated heterocycles. The number of benzene rings is 1. The molecule has 70 valence electrons. The van der Waals surface area contributed by atoms with E-state index in [1.54, 1.807) is 12.1 Å². The Balaban J connectivity index is 3.38. The van der Waals surface area contributed by atoms with Gasteiger partial charge in [0, 0.05) is 0 Å². The topological polar surface area (TPSA) is 37.3 Å². The van der Waals surface area contributed by atoms with Gasteiger partial charge in [-0.1, -0.05) is 36.2 Å². The number of carboxylic acid groups (broad SMARTS) is 1. The van der Waals surface area contributed by atoms with Crippen molar-refractivity contribution in [2.75, 3.05) is 0 Å². The maximum absolute atomic E-state index is 10.7. The first-order valence-corrected chi connectivity index (χ1v) is 4.53. The normalized spacial score (nSPS) is 10.1. The lowest BCUT2D eigenvalue weighted by Gasteiger charge is -2.05. The number of rotatable bonds is 2. The SMILES string of the molecule is CCc1ccc(Cl)c(C(=O)O)c1Cl. The fraction of sp³-hybridized carbons (Fsp3) is 0.222. The number of carboxylic acids is 1. The second-order valence-corrected chi connectivity index (χ2v) is 3.34. The van der Waals surface area contributed by atoms with Gasteiger partial charge in [0.2, 0.25) is 0 Å². The zero-order valence-corrected chi connectivity index (χ0v) is 8.49. The summed E-state index contributed by atoms with van der Waals surface area (Å²) >= 11 is 11.5. The van der Waals surface area contributed by atoms with Crippen LogP contribution in [-0.2, 0) is 6.42 Å². The van der Waals surface area contributed by atoms with Crippen molar-refractivity contribution >= 4 is 29.2 Å². The smallest absolute Gasteiger partial charge is 0.338 e. The number of hydrogen-bond donors (Lipinski definition) is 1. The van der Waals surface area contributed by atoms with E-state index >= 15 is 0 Å². The van der Waals surface area contributed by atoms with Crippen LogP contribution in [-0.4, -0.2) is 11.1 Å². The van der Waals surface area contributed by atoms with Gasteiger partial charge in [-0.15, -0.1) is 0 Å². The molecule has 1 N–H and O–H groups in total. The van der Waals surface area contributed by atoms with Crippen molar-refractivity contribution in [2.45, 2.75) is 13.3 Å². The predicted octanol–water partition coefficient (Wildman–Crippen LogP) is 3.25. The van der Waals surface area contributed by atoms with Crippen molar-refractivity contribution in [3.05, 3.63) is 33.3 Å². The highest BCUT2D eigenvalue weighted by molar-refractivity contribution is 6.39. The minimum atomic E-state index is -1.09. The van der Waals surface area contributed by atoms with Crippen LogP contribution in [0.25, 0.3) is 0 Å². The molecule has 0 saturated carbocycles. The quantitative estimate of drug-likeness (QED) is 0.828. The second-order valence-electron chi connectivity index (χ2n) is 2.55. The van der Waals surface area contributed by atoms with E-state index in [4.69, 9.17) is 28.3 Å². The summed E-state index contributed by atoms with van der Waals surface area (Å²) in [6, 6.07) is 3.28. The minimum Gasteiger partial charge on any atom is -0.478 e. The van der Waals surface area contributed by atoms with Crippen molar-refractivity contribution < 1.29 is 9.90 Å². The Morgan fingerprint density at radius 1 is 1.46 bits per heavy atom. The molecule has 0 aliphatic heterocycles. The Kier molecular flexibility index (Phi) is 3.17. The highest BCUT2D eigenvalue weighted by Crippen LogP contribution is 2.28. The standard InChI is InChI=1S/C9H8Cl2O2/c1-2-5-3-4-6(10)7(8(5)11)9(12)13/h3-4H,2H2,1H3,(H,12,13). The van der Waals surface area contributed by atoms with Crippen molar-refractivity contribution in [1.29, 1.82) is 0 Å². The summed E-state index contributed by atoms with van der Waals surface area (Å²) < 4.78 is 0. The van der Waals surface area contributed by atoms with Crippen LogP contribution in [0.2, 0.25) is 10.0 Å². The van der Waals surface area contributed by atoms with E-state index in [0.717, 1.165) is 5.56 Å². The lowest BCUT2D eigenvalue weighted by atomic mass is 10.1. The molecule has 4 heteroatoms. The lowest BCUT2D eigenvalue weighted by Crippen LogP contribution is -2.00. The van der Waals surface area contributed by atoms with E-state index in [2.05, 4.69) is 0 Å². The molecule has 0 radical (unpaired) electrons. The number of aromatic carboxylic acids is 1. The lowest BCUT2D eigenvalue weighted by molar-refractivity contribution is 0.0697. The Labute approximate surface area is 86.1 Å². The zero-order valence-electron chi connectivity index (χ0n) is 6.97. The van der Waals surface area contributed by atoms with Crippen molar-refractivity contribution in [1.82, 2.24) is 0 Å². The predicted molar refractivity (Wildman–Crippen MR) is 52.8 cm³/mol. The summed E-state index contributed by atoms with van der Waals surface area (Å²) in [6.07, 6.45) is 0.691. The van der Waals surface area contributed by atoms with E-state index in [0.29, 0.717) is 6.42 Å². The summed E-state index contributed by atoms with van der Waals surface area (Å²) in [5.41, 5.74) is 0.783. The van der Waals surface area contributed by atoms with Crippen LogP contribution < -0.4 is 0 Å². The van der Waals surface area contributed by atoms with Gasteiger partial charge in [-0.05, 0) is 18.1 Å². The van der Waals surface area contributed by atoms with Gasteiger partial charge >= 0.3 is 5.97 Å². The van der Waals surface area contributed by atoms with E-state index in [9.17, 15) is 4.79 Å². The van der Waals surface area contributed by atoms with Crippen LogP contribution >= 0.6 is 23.2 Å². The monoisotopic (exact) mass is 218 g/mol. The van der Waals surface area contributed by atoms with E-state index in [1.807, 2.05) is 6.92 Å². The Morgan fingerprint density at radius 2 is 2.08 bits per heavy atom. The summed E-state index contributed by atoms with van der Waals surface area (Å²) in [4.78, 5) is 10.7. The summed E-state index contributed by atoms with van der Waals surface area (Å²) in [5, 5.41) is 9.21. The minimum absolute atomic E-state index is 0.0114. The maximum Gasteiger partial charge on any atom is 0.338 e. The Bertz CT molecular complexity index is 348. The fourth-order valence-corrected chi connectivity index (χ4v) is 1.73. The molecule has 1 aromatic rings. The molecule has 0 amide bonds. The van der Waals surface area contributed by atoms with Crippen LogP contribution in [0.5, 0.6) is 0 Å². The molecule has 0 spiro atoms. The van der Waals surface area contributed by atoms with Gasteiger partial charge in [-0.25, -0.2) is 4.79 Å². The molecule has 2 nitrogen and oxygen atoms in total. The molecule has 0 heterocycles. The van der Waals surface area contributed by atoms with E-state index < -0.39 is 5.97 Å². The molecular formula is C9H8Cl2O2. The van der Waals surface area contributed by atoms with Gasteiger partial charge in [0.25, 0.3) is 0 Å². The summed E-state index contributed by atoms with van der Waals surface area (Å²) in [6.45, 7) is 1.90. The van der Waals surface area contributed by atoms with Gasteiger partial charge < -0.3 is 5.11 Å². The van der Waals surface area contributed by atoms with Crippen molar-refractivity contribution in [3.8, 4) is 0 Å². The van der Waals surface area contributed by atoms with E-state index in [1.165, 1.54) is 0 Å². The fourth-order valence-electron chi connectivity index (χ4n) is 1.06. The molecule has 13 heavy (non-hydrogen) atoms. The van der Waals surface area contributed by atoms with E-state index in [-0.39, 0.29) is 15.6 Å².